The number of rotatable bonds is 2. The number of hydrogen-bond acceptors (Lipinski definition) is 1. The van der Waals surface area contributed by atoms with Crippen LogP contribution < -0.4 is 5.32 Å². The van der Waals surface area contributed by atoms with Crippen LogP contribution in [0.3, 0.4) is 0 Å². The van der Waals surface area contributed by atoms with Crippen LogP contribution in [0.4, 0.5) is 10.1 Å². The Kier molecular flexibility index (Phi) is 4.00. The van der Waals surface area contributed by atoms with Crippen molar-refractivity contribution >= 4 is 27.5 Å². The van der Waals surface area contributed by atoms with E-state index < -0.39 is 0 Å². The molecule has 0 aliphatic rings. The molecule has 0 bridgehead atoms. The predicted molar refractivity (Wildman–Crippen MR) is 78.0 cm³/mol. The second-order valence-electron chi connectivity index (χ2n) is 4.35. The summed E-state index contributed by atoms with van der Waals surface area (Å²) in [5.74, 6) is -0.503. The van der Waals surface area contributed by atoms with Crippen LogP contribution in [0.5, 0.6) is 0 Å². The third kappa shape index (κ3) is 3.01. The van der Waals surface area contributed by atoms with Crippen molar-refractivity contribution in [3.63, 3.8) is 0 Å². The molecule has 0 aromatic heterocycles. The number of hydrogen-bond donors (Lipinski definition) is 1. The number of carbonyl (C=O) groups excluding carboxylic acids is 1. The zero-order valence-electron chi connectivity index (χ0n) is 10.6. The monoisotopic (exact) mass is 321 g/mol. The van der Waals surface area contributed by atoms with Crippen molar-refractivity contribution in [2.75, 3.05) is 5.32 Å². The van der Waals surface area contributed by atoms with E-state index in [1.165, 1.54) is 6.07 Å². The Bertz CT molecular complexity index is 640. The van der Waals surface area contributed by atoms with Gasteiger partial charge in [0.2, 0.25) is 0 Å². The molecular formula is C15H13BrFNO. The van der Waals surface area contributed by atoms with Gasteiger partial charge >= 0.3 is 0 Å². The average Bonchev–Trinajstić information content (AvgIpc) is 2.37. The number of anilines is 1. The first-order chi connectivity index (χ1) is 8.99. The second kappa shape index (κ2) is 5.53. The van der Waals surface area contributed by atoms with Gasteiger partial charge in [-0.15, -0.1) is 0 Å². The van der Waals surface area contributed by atoms with Gasteiger partial charge in [-0.1, -0.05) is 12.1 Å². The quantitative estimate of drug-likeness (QED) is 0.869. The van der Waals surface area contributed by atoms with Gasteiger partial charge in [-0.2, -0.15) is 0 Å². The van der Waals surface area contributed by atoms with Gasteiger partial charge in [0, 0.05) is 10.2 Å². The fourth-order valence-electron chi connectivity index (χ4n) is 1.74. The minimum Gasteiger partial charge on any atom is -0.322 e. The normalized spacial score (nSPS) is 10.3. The second-order valence-corrected chi connectivity index (χ2v) is 5.15. The first kappa shape index (κ1) is 13.7. The van der Waals surface area contributed by atoms with E-state index in [4.69, 9.17) is 0 Å². The molecule has 0 unspecified atom stereocenters. The zero-order valence-corrected chi connectivity index (χ0v) is 12.2. The first-order valence-electron chi connectivity index (χ1n) is 5.81. The molecule has 0 atom stereocenters. The first-order valence-corrected chi connectivity index (χ1v) is 6.61. The van der Waals surface area contributed by atoms with E-state index in [1.54, 1.807) is 25.1 Å². The molecule has 0 heterocycles. The molecule has 4 heteroatoms. The molecule has 2 aromatic carbocycles. The molecule has 2 rings (SSSR count). The predicted octanol–water partition coefficient (Wildman–Crippen LogP) is 4.46. The van der Waals surface area contributed by atoms with Crippen LogP contribution in [0.2, 0.25) is 0 Å². The maximum atomic E-state index is 13.2. The molecule has 19 heavy (non-hydrogen) atoms. The molecule has 0 radical (unpaired) electrons. The topological polar surface area (TPSA) is 29.1 Å². The van der Waals surface area contributed by atoms with Crippen LogP contribution in [0.25, 0.3) is 0 Å². The fourth-order valence-corrected chi connectivity index (χ4v) is 2.19. The van der Waals surface area contributed by atoms with Gasteiger partial charge < -0.3 is 5.32 Å². The highest BCUT2D eigenvalue weighted by Crippen LogP contribution is 2.22. The minimum absolute atomic E-state index is 0.221. The Hall–Kier alpha value is -1.68. The standard InChI is InChI=1S/C15H13BrFNO/c1-9-4-3-5-12(14(9)16)15(19)18-11-6-7-13(17)10(2)8-11/h3-8H,1-2H3,(H,18,19). The lowest BCUT2D eigenvalue weighted by Gasteiger charge is -2.09. The number of aryl methyl sites for hydroxylation is 2. The van der Waals surface area contributed by atoms with Crippen molar-refractivity contribution in [2.45, 2.75) is 13.8 Å². The van der Waals surface area contributed by atoms with Crippen LogP contribution >= 0.6 is 15.9 Å². The Morgan fingerprint density at radius 2 is 1.89 bits per heavy atom. The molecule has 0 spiro atoms. The summed E-state index contributed by atoms with van der Waals surface area (Å²) in [7, 11) is 0. The summed E-state index contributed by atoms with van der Waals surface area (Å²) in [6.07, 6.45) is 0. The SMILES string of the molecule is Cc1cc(NC(=O)c2cccc(C)c2Br)ccc1F. The number of halogens is 2. The van der Waals surface area contributed by atoms with Gasteiger partial charge in [0.1, 0.15) is 5.82 Å². The van der Waals surface area contributed by atoms with E-state index in [9.17, 15) is 9.18 Å². The summed E-state index contributed by atoms with van der Waals surface area (Å²) in [5, 5.41) is 2.76. The summed E-state index contributed by atoms with van der Waals surface area (Å²) in [5.41, 5.74) is 2.63. The summed E-state index contributed by atoms with van der Waals surface area (Å²) in [6, 6.07) is 9.98. The number of amides is 1. The van der Waals surface area contributed by atoms with Crippen LogP contribution in [0, 0.1) is 19.7 Å². The van der Waals surface area contributed by atoms with Gasteiger partial charge in [0.25, 0.3) is 5.91 Å². The number of benzene rings is 2. The van der Waals surface area contributed by atoms with Crippen molar-refractivity contribution in [2.24, 2.45) is 0 Å². The molecule has 0 fully saturated rings. The smallest absolute Gasteiger partial charge is 0.256 e. The third-order valence-corrected chi connectivity index (χ3v) is 3.90. The molecule has 1 N–H and O–H groups in total. The van der Waals surface area contributed by atoms with Crippen LogP contribution in [-0.2, 0) is 0 Å². The molecule has 0 aliphatic carbocycles. The molecule has 1 amide bonds. The van der Waals surface area contributed by atoms with Crippen molar-refractivity contribution in [1.29, 1.82) is 0 Å². The summed E-state index contributed by atoms with van der Waals surface area (Å²) >= 11 is 3.40. The largest absolute Gasteiger partial charge is 0.322 e. The van der Waals surface area contributed by atoms with Gasteiger partial charge in [0.05, 0.1) is 5.56 Å². The zero-order chi connectivity index (χ0) is 14.0. The van der Waals surface area contributed by atoms with Crippen molar-refractivity contribution < 1.29 is 9.18 Å². The minimum atomic E-state index is -0.283. The van der Waals surface area contributed by atoms with Crippen molar-refractivity contribution in [1.82, 2.24) is 0 Å². The molecule has 2 aromatic rings. The summed E-state index contributed by atoms with van der Waals surface area (Å²) < 4.78 is 13.9. The van der Waals surface area contributed by atoms with Crippen LogP contribution in [0.15, 0.2) is 40.9 Å². The van der Waals surface area contributed by atoms with E-state index in [0.29, 0.717) is 16.8 Å². The van der Waals surface area contributed by atoms with Crippen LogP contribution in [-0.4, -0.2) is 5.91 Å². The molecule has 0 aliphatic heterocycles. The lowest BCUT2D eigenvalue weighted by Crippen LogP contribution is -2.13. The van der Waals surface area contributed by atoms with Gasteiger partial charge in [-0.3, -0.25) is 4.79 Å². The van der Waals surface area contributed by atoms with E-state index in [-0.39, 0.29) is 11.7 Å². The maximum Gasteiger partial charge on any atom is 0.256 e. The van der Waals surface area contributed by atoms with E-state index in [2.05, 4.69) is 21.2 Å². The number of nitrogens with one attached hydrogen (secondary N) is 1. The highest BCUT2D eigenvalue weighted by atomic mass is 79.9. The fraction of sp³-hybridized carbons (Fsp3) is 0.133. The van der Waals surface area contributed by atoms with E-state index in [0.717, 1.165) is 10.0 Å². The van der Waals surface area contributed by atoms with Crippen molar-refractivity contribution in [3.05, 3.63) is 63.4 Å². The van der Waals surface area contributed by atoms with Gasteiger partial charge in [-0.25, -0.2) is 4.39 Å². The number of carbonyl (C=O) groups is 1. The van der Waals surface area contributed by atoms with Gasteiger partial charge in [0.15, 0.2) is 0 Å². The Labute approximate surface area is 119 Å². The molecule has 2 nitrogen and oxygen atoms in total. The molecule has 98 valence electrons. The average molecular weight is 322 g/mol. The summed E-state index contributed by atoms with van der Waals surface area (Å²) in [4.78, 5) is 12.1. The maximum absolute atomic E-state index is 13.2. The molecule has 0 saturated heterocycles. The Balaban J connectivity index is 2.26. The molecular weight excluding hydrogens is 309 g/mol. The Morgan fingerprint density at radius 3 is 2.58 bits per heavy atom. The van der Waals surface area contributed by atoms with Crippen molar-refractivity contribution in [3.8, 4) is 0 Å². The third-order valence-electron chi connectivity index (χ3n) is 2.85. The lowest BCUT2D eigenvalue weighted by atomic mass is 10.1. The lowest BCUT2D eigenvalue weighted by molar-refractivity contribution is 0.102. The highest BCUT2D eigenvalue weighted by molar-refractivity contribution is 9.10. The van der Waals surface area contributed by atoms with Crippen LogP contribution in [0.1, 0.15) is 21.5 Å². The molecule has 0 saturated carbocycles. The van der Waals surface area contributed by atoms with E-state index in [1.807, 2.05) is 19.1 Å². The van der Waals surface area contributed by atoms with Gasteiger partial charge in [-0.05, 0) is 65.2 Å². The van der Waals surface area contributed by atoms with E-state index >= 15 is 0 Å². The summed E-state index contributed by atoms with van der Waals surface area (Å²) in [6.45, 7) is 3.58. The highest BCUT2D eigenvalue weighted by Gasteiger charge is 2.11. The Morgan fingerprint density at radius 1 is 1.16 bits per heavy atom.